The lowest BCUT2D eigenvalue weighted by Crippen LogP contribution is -2.01. The van der Waals surface area contributed by atoms with Gasteiger partial charge in [-0.05, 0) is 48.5 Å². The third-order valence-corrected chi connectivity index (χ3v) is 12.4. The van der Waals surface area contributed by atoms with Crippen molar-refractivity contribution in [3.8, 4) is 45.5 Å². The summed E-state index contributed by atoms with van der Waals surface area (Å²) in [7, 11) is 0. The molecule has 6 heteroatoms. The molecule has 4 aromatic heterocycles. The highest BCUT2D eigenvalue weighted by Gasteiger charge is 2.23. The highest BCUT2D eigenvalue weighted by molar-refractivity contribution is 7.26. The van der Waals surface area contributed by atoms with Gasteiger partial charge in [0.25, 0.3) is 0 Å². The lowest BCUT2D eigenvalue weighted by atomic mass is 10.1. The van der Waals surface area contributed by atoms with Crippen molar-refractivity contribution in [3.05, 3.63) is 188 Å². The Hall–Kier alpha value is -7.41. The predicted octanol–water partition coefficient (Wildman–Crippen LogP) is 13.4. The number of rotatable bonds is 5. The van der Waals surface area contributed by atoms with E-state index in [0.29, 0.717) is 17.5 Å². The van der Waals surface area contributed by atoms with E-state index in [1.807, 2.05) is 36.4 Å². The molecule has 0 unspecified atom stereocenters. The summed E-state index contributed by atoms with van der Waals surface area (Å²) in [5.74, 6) is 1.94. The number of thiophene rings is 1. The predicted molar refractivity (Wildman–Crippen MR) is 238 cm³/mol. The Morgan fingerprint density at radius 1 is 0.368 bits per heavy atom. The molecule has 0 atom stereocenters. The van der Waals surface area contributed by atoms with Gasteiger partial charge in [-0.1, -0.05) is 140 Å². The Morgan fingerprint density at radius 2 is 0.930 bits per heavy atom. The standard InChI is InChI=1S/C51H31N5S/c1-4-16-32(17-5-1)49-52-50(33-18-6-2-7-19-33)54-51(53-49)41-31-35(30-40-37-23-12-15-27-45(37)57-48(40)41)56-42-25-13-10-22-36(42)38-28-29-44-46(47(38)56)39-24-11-14-26-43(39)55(44)34-20-8-3-9-21-34/h1-31H. The maximum absolute atomic E-state index is 5.27. The van der Waals surface area contributed by atoms with E-state index in [1.54, 1.807) is 11.3 Å². The molecule has 0 saturated carbocycles. The lowest BCUT2D eigenvalue weighted by molar-refractivity contribution is 1.07. The molecule has 8 aromatic carbocycles. The molecule has 0 aliphatic heterocycles. The van der Waals surface area contributed by atoms with Crippen LogP contribution in [0.3, 0.4) is 0 Å². The Bertz CT molecular complexity index is 3450. The average molecular weight is 746 g/mol. The molecule has 0 amide bonds. The van der Waals surface area contributed by atoms with Crippen molar-refractivity contribution in [1.82, 2.24) is 24.1 Å². The second kappa shape index (κ2) is 12.6. The number of nitrogens with zero attached hydrogens (tertiary/aromatic N) is 5. The molecule has 0 fully saturated rings. The van der Waals surface area contributed by atoms with Gasteiger partial charge in [0.05, 0.1) is 22.1 Å². The number of hydrogen-bond acceptors (Lipinski definition) is 4. The fourth-order valence-electron chi connectivity index (χ4n) is 8.67. The summed E-state index contributed by atoms with van der Waals surface area (Å²) in [5, 5.41) is 7.25. The maximum atomic E-state index is 5.27. The van der Waals surface area contributed by atoms with Crippen molar-refractivity contribution < 1.29 is 0 Å². The van der Waals surface area contributed by atoms with E-state index in [2.05, 4.69) is 161 Å². The minimum atomic E-state index is 0.645. The Morgan fingerprint density at radius 3 is 1.63 bits per heavy atom. The molecule has 57 heavy (non-hydrogen) atoms. The monoisotopic (exact) mass is 745 g/mol. The number of fused-ring (bicyclic) bond motifs is 10. The van der Waals surface area contributed by atoms with Crippen LogP contribution in [0.4, 0.5) is 0 Å². The van der Waals surface area contributed by atoms with E-state index in [1.165, 1.54) is 53.6 Å². The zero-order chi connectivity index (χ0) is 37.5. The van der Waals surface area contributed by atoms with E-state index in [4.69, 9.17) is 15.0 Å². The van der Waals surface area contributed by atoms with Crippen LogP contribution in [-0.2, 0) is 0 Å². The molecule has 0 aliphatic carbocycles. The number of benzene rings is 8. The van der Waals surface area contributed by atoms with Crippen molar-refractivity contribution in [2.45, 2.75) is 0 Å². The van der Waals surface area contributed by atoms with Crippen molar-refractivity contribution in [2.24, 2.45) is 0 Å². The van der Waals surface area contributed by atoms with Crippen LogP contribution in [0.25, 0.3) is 109 Å². The molecular weight excluding hydrogens is 715 g/mol. The highest BCUT2D eigenvalue weighted by atomic mass is 32.1. The van der Waals surface area contributed by atoms with Crippen molar-refractivity contribution in [1.29, 1.82) is 0 Å². The van der Waals surface area contributed by atoms with Crippen LogP contribution in [0, 0.1) is 0 Å². The molecule has 0 bridgehead atoms. The van der Waals surface area contributed by atoms with Crippen LogP contribution >= 0.6 is 11.3 Å². The molecule has 12 aromatic rings. The molecule has 5 nitrogen and oxygen atoms in total. The summed E-state index contributed by atoms with van der Waals surface area (Å²) in [4.78, 5) is 15.6. The number of hydrogen-bond donors (Lipinski definition) is 0. The van der Waals surface area contributed by atoms with Crippen LogP contribution in [0.5, 0.6) is 0 Å². The van der Waals surface area contributed by atoms with Crippen LogP contribution in [0.2, 0.25) is 0 Å². The first kappa shape index (κ1) is 31.9. The van der Waals surface area contributed by atoms with E-state index >= 15 is 0 Å². The minimum absolute atomic E-state index is 0.645. The van der Waals surface area contributed by atoms with Gasteiger partial charge < -0.3 is 9.13 Å². The van der Waals surface area contributed by atoms with Crippen LogP contribution in [0.15, 0.2) is 188 Å². The maximum Gasteiger partial charge on any atom is 0.165 e. The van der Waals surface area contributed by atoms with Gasteiger partial charge in [-0.3, -0.25) is 0 Å². The molecule has 0 saturated heterocycles. The van der Waals surface area contributed by atoms with E-state index in [9.17, 15) is 0 Å². The first-order valence-corrected chi connectivity index (χ1v) is 19.9. The largest absolute Gasteiger partial charge is 0.309 e. The van der Waals surface area contributed by atoms with Gasteiger partial charge in [-0.25, -0.2) is 15.0 Å². The Balaban J connectivity index is 1.23. The van der Waals surface area contributed by atoms with E-state index < -0.39 is 0 Å². The van der Waals surface area contributed by atoms with E-state index in [0.717, 1.165) is 38.3 Å². The number of aromatic nitrogens is 5. The smallest absolute Gasteiger partial charge is 0.165 e. The summed E-state index contributed by atoms with van der Waals surface area (Å²) >= 11 is 1.79. The summed E-state index contributed by atoms with van der Waals surface area (Å²) in [5.41, 5.74) is 9.72. The second-order valence-corrected chi connectivity index (χ2v) is 15.5. The zero-order valence-electron chi connectivity index (χ0n) is 30.5. The molecule has 0 spiro atoms. The Labute approximate surface area is 331 Å². The topological polar surface area (TPSA) is 48.5 Å². The Kier molecular flexibility index (Phi) is 7.03. The van der Waals surface area contributed by atoms with Crippen molar-refractivity contribution in [3.63, 3.8) is 0 Å². The van der Waals surface area contributed by atoms with Crippen LogP contribution in [0.1, 0.15) is 0 Å². The van der Waals surface area contributed by atoms with Gasteiger partial charge in [0.2, 0.25) is 0 Å². The zero-order valence-corrected chi connectivity index (χ0v) is 31.4. The second-order valence-electron chi connectivity index (χ2n) is 14.4. The molecule has 0 aliphatic rings. The first-order chi connectivity index (χ1) is 28.3. The highest BCUT2D eigenvalue weighted by Crippen LogP contribution is 2.45. The molecule has 0 radical (unpaired) electrons. The summed E-state index contributed by atoms with van der Waals surface area (Å²) in [6, 6.07) is 66.7. The summed E-state index contributed by atoms with van der Waals surface area (Å²) in [6.45, 7) is 0. The third-order valence-electron chi connectivity index (χ3n) is 11.1. The van der Waals surface area contributed by atoms with Gasteiger partial charge in [-0.15, -0.1) is 11.3 Å². The number of para-hydroxylation sites is 3. The minimum Gasteiger partial charge on any atom is -0.309 e. The third kappa shape index (κ3) is 4.91. The quantitative estimate of drug-likeness (QED) is 0.176. The lowest BCUT2D eigenvalue weighted by Gasteiger charge is -2.14. The average Bonchev–Trinajstić information content (AvgIpc) is 3.94. The fourth-order valence-corrected chi connectivity index (χ4v) is 9.86. The SMILES string of the molecule is c1ccc(-c2nc(-c3ccccc3)nc(-c3cc(-n4c5ccccc5c5ccc6c(c7ccccc7n6-c6ccccc6)c54)cc4c3sc3ccccc34)n2)cc1. The van der Waals surface area contributed by atoms with E-state index in [-0.39, 0.29) is 0 Å². The van der Waals surface area contributed by atoms with Crippen LogP contribution < -0.4 is 0 Å². The molecule has 4 heterocycles. The molecule has 266 valence electrons. The van der Waals surface area contributed by atoms with Gasteiger partial charge in [0.1, 0.15) is 0 Å². The first-order valence-electron chi connectivity index (χ1n) is 19.1. The fraction of sp³-hybridized carbons (Fsp3) is 0. The van der Waals surface area contributed by atoms with Crippen LogP contribution in [-0.4, -0.2) is 24.1 Å². The van der Waals surface area contributed by atoms with Gasteiger partial charge >= 0.3 is 0 Å². The van der Waals surface area contributed by atoms with Gasteiger partial charge in [0, 0.05) is 69.8 Å². The van der Waals surface area contributed by atoms with Gasteiger partial charge in [-0.2, -0.15) is 0 Å². The van der Waals surface area contributed by atoms with Gasteiger partial charge in [0.15, 0.2) is 17.5 Å². The molecule has 12 rings (SSSR count). The molecule has 0 N–H and O–H groups in total. The normalized spacial score (nSPS) is 11.9. The van der Waals surface area contributed by atoms with Crippen molar-refractivity contribution >= 4 is 75.1 Å². The van der Waals surface area contributed by atoms with Crippen molar-refractivity contribution in [2.75, 3.05) is 0 Å². The molecular formula is C51H31N5S. The summed E-state index contributed by atoms with van der Waals surface area (Å²) in [6.07, 6.45) is 0. The summed E-state index contributed by atoms with van der Waals surface area (Å²) < 4.78 is 7.24.